The topological polar surface area (TPSA) is 67.3 Å². The SMILES string of the molecule is Clc1nc(-c2nccs2)nc2cn[nH]c12. The molecule has 0 saturated heterocycles. The molecule has 0 bridgehead atoms. The summed E-state index contributed by atoms with van der Waals surface area (Å²) < 4.78 is 0. The van der Waals surface area contributed by atoms with E-state index < -0.39 is 0 Å². The number of nitrogens with one attached hydrogen (secondary N) is 1. The smallest absolute Gasteiger partial charge is 0.190 e. The van der Waals surface area contributed by atoms with Crippen molar-refractivity contribution < 1.29 is 0 Å². The summed E-state index contributed by atoms with van der Waals surface area (Å²) in [5, 5.41) is 9.57. The zero-order chi connectivity index (χ0) is 10.3. The van der Waals surface area contributed by atoms with Crippen molar-refractivity contribution in [1.82, 2.24) is 25.1 Å². The third-order valence-electron chi connectivity index (χ3n) is 1.88. The highest BCUT2D eigenvalue weighted by Crippen LogP contribution is 2.23. The van der Waals surface area contributed by atoms with E-state index in [0.717, 1.165) is 5.01 Å². The van der Waals surface area contributed by atoms with Crippen molar-refractivity contribution in [2.24, 2.45) is 0 Å². The highest BCUT2D eigenvalue weighted by atomic mass is 35.5. The first-order chi connectivity index (χ1) is 7.34. The van der Waals surface area contributed by atoms with Crippen LogP contribution < -0.4 is 0 Å². The lowest BCUT2D eigenvalue weighted by molar-refractivity contribution is 1.11. The van der Waals surface area contributed by atoms with E-state index in [1.54, 1.807) is 12.4 Å². The Balaban J connectivity index is 2.29. The summed E-state index contributed by atoms with van der Waals surface area (Å²) in [5.41, 5.74) is 1.34. The molecule has 3 aromatic heterocycles. The lowest BCUT2D eigenvalue weighted by Crippen LogP contribution is -1.89. The fourth-order valence-corrected chi connectivity index (χ4v) is 2.02. The van der Waals surface area contributed by atoms with Crippen molar-refractivity contribution in [2.45, 2.75) is 0 Å². The molecule has 0 spiro atoms. The van der Waals surface area contributed by atoms with Gasteiger partial charge in [0.1, 0.15) is 11.0 Å². The van der Waals surface area contributed by atoms with Crippen molar-refractivity contribution in [3.63, 3.8) is 0 Å². The molecule has 0 aliphatic carbocycles. The van der Waals surface area contributed by atoms with Gasteiger partial charge in [-0.15, -0.1) is 11.3 Å². The van der Waals surface area contributed by atoms with Gasteiger partial charge in [-0.1, -0.05) is 11.6 Å². The van der Waals surface area contributed by atoms with E-state index in [2.05, 4.69) is 25.1 Å². The summed E-state index contributed by atoms with van der Waals surface area (Å²) in [5.74, 6) is 0.531. The number of hydrogen-bond acceptors (Lipinski definition) is 5. The van der Waals surface area contributed by atoms with Gasteiger partial charge in [0, 0.05) is 11.6 Å². The number of fused-ring (bicyclic) bond motifs is 1. The number of nitrogens with zero attached hydrogens (tertiary/aromatic N) is 4. The first-order valence-electron chi connectivity index (χ1n) is 4.11. The fourth-order valence-electron chi connectivity index (χ4n) is 1.23. The molecule has 5 nitrogen and oxygen atoms in total. The first-order valence-corrected chi connectivity index (χ1v) is 5.37. The second-order valence-electron chi connectivity index (χ2n) is 2.81. The summed E-state index contributed by atoms with van der Waals surface area (Å²) >= 11 is 7.45. The van der Waals surface area contributed by atoms with E-state index in [9.17, 15) is 0 Å². The molecule has 0 amide bonds. The average Bonchev–Trinajstić information content (AvgIpc) is 2.88. The summed E-state index contributed by atoms with van der Waals surface area (Å²) in [6.07, 6.45) is 3.32. The minimum Gasteiger partial charge on any atom is -0.273 e. The van der Waals surface area contributed by atoms with Gasteiger partial charge in [-0.3, -0.25) is 5.10 Å². The molecule has 0 atom stereocenters. The van der Waals surface area contributed by atoms with Gasteiger partial charge in [0.15, 0.2) is 16.0 Å². The molecule has 0 radical (unpaired) electrons. The Kier molecular flexibility index (Phi) is 1.90. The van der Waals surface area contributed by atoms with E-state index >= 15 is 0 Å². The summed E-state index contributed by atoms with van der Waals surface area (Å²) in [4.78, 5) is 12.6. The number of thiazole rings is 1. The fraction of sp³-hybridized carbons (Fsp3) is 0. The Labute approximate surface area is 93.2 Å². The summed E-state index contributed by atoms with van der Waals surface area (Å²) in [6.45, 7) is 0. The van der Waals surface area contributed by atoms with Gasteiger partial charge >= 0.3 is 0 Å². The van der Waals surface area contributed by atoms with Crippen LogP contribution in [0.3, 0.4) is 0 Å². The summed E-state index contributed by atoms with van der Waals surface area (Å²) in [6, 6.07) is 0. The van der Waals surface area contributed by atoms with Crippen molar-refractivity contribution in [1.29, 1.82) is 0 Å². The second kappa shape index (κ2) is 3.25. The zero-order valence-electron chi connectivity index (χ0n) is 7.31. The molecule has 0 fully saturated rings. The minimum absolute atomic E-state index is 0.364. The Hall–Kier alpha value is -1.53. The van der Waals surface area contributed by atoms with Gasteiger partial charge in [-0.2, -0.15) is 5.10 Å². The lowest BCUT2D eigenvalue weighted by atomic mass is 10.4. The second-order valence-corrected chi connectivity index (χ2v) is 4.06. The van der Waals surface area contributed by atoms with E-state index in [0.29, 0.717) is 22.0 Å². The van der Waals surface area contributed by atoms with Crippen LogP contribution in [0.4, 0.5) is 0 Å². The van der Waals surface area contributed by atoms with Crippen LogP contribution in [0.5, 0.6) is 0 Å². The molecule has 0 aromatic carbocycles. The molecule has 3 rings (SSSR count). The van der Waals surface area contributed by atoms with Crippen molar-refractivity contribution in [3.8, 4) is 10.8 Å². The molecule has 7 heteroatoms. The van der Waals surface area contributed by atoms with Gasteiger partial charge < -0.3 is 0 Å². The van der Waals surface area contributed by atoms with Gasteiger partial charge in [-0.05, 0) is 0 Å². The average molecular weight is 238 g/mol. The number of halogens is 1. The molecule has 0 aliphatic heterocycles. The van der Waals surface area contributed by atoms with Gasteiger partial charge in [-0.25, -0.2) is 15.0 Å². The number of hydrogen-bond donors (Lipinski definition) is 1. The third-order valence-corrected chi connectivity index (χ3v) is 2.92. The van der Waals surface area contributed by atoms with Crippen LogP contribution >= 0.6 is 22.9 Å². The Morgan fingerprint density at radius 1 is 1.33 bits per heavy atom. The first kappa shape index (κ1) is 8.75. The summed E-state index contributed by atoms with van der Waals surface area (Å²) in [7, 11) is 0. The Bertz CT molecular complexity index is 603. The maximum Gasteiger partial charge on any atom is 0.190 e. The molecule has 1 N–H and O–H groups in total. The molecule has 15 heavy (non-hydrogen) atoms. The van der Waals surface area contributed by atoms with Crippen LogP contribution in [0, 0.1) is 0 Å². The van der Waals surface area contributed by atoms with E-state index in [-0.39, 0.29) is 0 Å². The normalized spacial score (nSPS) is 11.0. The molecule has 0 saturated carbocycles. The maximum absolute atomic E-state index is 5.97. The molecular weight excluding hydrogens is 234 g/mol. The van der Waals surface area contributed by atoms with Crippen LogP contribution in [0.25, 0.3) is 21.9 Å². The molecule has 0 unspecified atom stereocenters. The predicted octanol–water partition coefficient (Wildman–Crippen LogP) is 2.13. The van der Waals surface area contributed by atoms with E-state index in [4.69, 9.17) is 11.6 Å². The Morgan fingerprint density at radius 2 is 2.27 bits per heavy atom. The van der Waals surface area contributed by atoms with Crippen molar-refractivity contribution in [2.75, 3.05) is 0 Å². The zero-order valence-corrected chi connectivity index (χ0v) is 8.88. The Morgan fingerprint density at radius 3 is 3.07 bits per heavy atom. The van der Waals surface area contributed by atoms with Crippen LogP contribution in [0.15, 0.2) is 17.8 Å². The molecule has 3 heterocycles. The van der Waals surface area contributed by atoms with Crippen LogP contribution in [-0.4, -0.2) is 25.1 Å². The number of aromatic amines is 1. The standard InChI is InChI=1S/C8H4ClN5S/c9-6-5-4(3-11-14-5)12-7(13-6)8-10-1-2-15-8/h1-3H,(H,11,14). The number of rotatable bonds is 1. The highest BCUT2D eigenvalue weighted by Gasteiger charge is 2.10. The van der Waals surface area contributed by atoms with E-state index in [1.165, 1.54) is 11.3 Å². The molecular formula is C8H4ClN5S. The van der Waals surface area contributed by atoms with Crippen LogP contribution in [0.1, 0.15) is 0 Å². The van der Waals surface area contributed by atoms with Crippen LogP contribution in [-0.2, 0) is 0 Å². The quantitative estimate of drug-likeness (QED) is 0.659. The maximum atomic E-state index is 5.97. The molecule has 74 valence electrons. The highest BCUT2D eigenvalue weighted by molar-refractivity contribution is 7.13. The van der Waals surface area contributed by atoms with Gasteiger partial charge in [0.2, 0.25) is 0 Å². The lowest BCUT2D eigenvalue weighted by Gasteiger charge is -1.96. The van der Waals surface area contributed by atoms with Gasteiger partial charge in [0.05, 0.1) is 6.20 Å². The number of H-pyrrole nitrogens is 1. The van der Waals surface area contributed by atoms with Crippen molar-refractivity contribution >= 4 is 34.0 Å². The minimum atomic E-state index is 0.364. The largest absolute Gasteiger partial charge is 0.273 e. The van der Waals surface area contributed by atoms with Crippen LogP contribution in [0.2, 0.25) is 5.15 Å². The molecule has 0 aliphatic rings. The van der Waals surface area contributed by atoms with Crippen molar-refractivity contribution in [3.05, 3.63) is 22.9 Å². The monoisotopic (exact) mass is 237 g/mol. The van der Waals surface area contributed by atoms with Gasteiger partial charge in [0.25, 0.3) is 0 Å². The molecule has 3 aromatic rings. The predicted molar refractivity (Wildman–Crippen MR) is 57.8 cm³/mol. The third kappa shape index (κ3) is 1.38. The number of aromatic nitrogens is 5. The van der Waals surface area contributed by atoms with E-state index in [1.807, 2.05) is 5.38 Å².